The lowest BCUT2D eigenvalue weighted by molar-refractivity contribution is 0.883. The highest BCUT2D eigenvalue weighted by Crippen LogP contribution is 2.51. The van der Waals surface area contributed by atoms with E-state index in [1.54, 1.807) is 0 Å². The predicted molar refractivity (Wildman–Crippen MR) is 234 cm³/mol. The lowest BCUT2D eigenvalue weighted by Crippen LogP contribution is -2.17. The van der Waals surface area contributed by atoms with E-state index in [4.69, 9.17) is 0 Å². The fourth-order valence-corrected chi connectivity index (χ4v) is 10.1. The molecule has 6 aromatic carbocycles. The monoisotopic (exact) mass is 720 g/mol. The number of pyridine rings is 1. The molecule has 9 aromatic rings. The number of allylic oxidation sites excluding steroid dienone is 2. The zero-order valence-electron chi connectivity index (χ0n) is 31.7. The van der Waals surface area contributed by atoms with Crippen LogP contribution in [0.4, 0.5) is 0 Å². The molecule has 0 saturated carbocycles. The molecule has 3 aliphatic rings. The van der Waals surface area contributed by atoms with Gasteiger partial charge in [0.2, 0.25) is 0 Å². The summed E-state index contributed by atoms with van der Waals surface area (Å²) in [6.07, 6.45) is 14.7. The van der Waals surface area contributed by atoms with Crippen LogP contribution in [0, 0.1) is 13.8 Å². The first-order valence-corrected chi connectivity index (χ1v) is 20.0. The lowest BCUT2D eigenvalue weighted by atomic mass is 9.74. The summed E-state index contributed by atoms with van der Waals surface area (Å²) in [4.78, 5) is 4.62. The Bertz CT molecular complexity index is 3170. The molecule has 0 spiro atoms. The zero-order chi connectivity index (χ0) is 37.1. The Hall–Kier alpha value is -6.65. The average Bonchev–Trinajstić information content (AvgIpc) is 3.75. The lowest BCUT2D eigenvalue weighted by Gasteiger charge is -2.31. The number of aromatic nitrogens is 3. The Morgan fingerprint density at radius 3 is 1.64 bits per heavy atom. The molecule has 2 aliphatic carbocycles. The summed E-state index contributed by atoms with van der Waals surface area (Å²) in [5.74, 6) is 0. The van der Waals surface area contributed by atoms with Crippen molar-refractivity contribution >= 4 is 49.3 Å². The van der Waals surface area contributed by atoms with Crippen molar-refractivity contribution in [3.63, 3.8) is 0 Å². The van der Waals surface area contributed by atoms with E-state index >= 15 is 0 Å². The van der Waals surface area contributed by atoms with E-state index in [2.05, 4.69) is 161 Å². The van der Waals surface area contributed by atoms with Crippen LogP contribution in [0.15, 0.2) is 140 Å². The molecule has 4 heterocycles. The molecule has 0 radical (unpaired) electrons. The number of nitrogens with one attached hydrogen (secondary N) is 1. The molecular weight excluding hydrogens is 681 g/mol. The smallest absolute Gasteiger partial charge is 0.0645 e. The van der Waals surface area contributed by atoms with Crippen molar-refractivity contribution in [3.8, 4) is 39.1 Å². The summed E-state index contributed by atoms with van der Waals surface area (Å²) < 4.78 is 5.04. The molecule has 0 fully saturated rings. The second-order valence-electron chi connectivity index (χ2n) is 16.0. The van der Waals surface area contributed by atoms with E-state index in [1.807, 2.05) is 12.4 Å². The third-order valence-electron chi connectivity index (χ3n) is 12.7. The van der Waals surface area contributed by atoms with Crippen LogP contribution in [0.1, 0.15) is 33.4 Å². The first-order valence-electron chi connectivity index (χ1n) is 20.0. The quantitative estimate of drug-likeness (QED) is 0.196. The van der Waals surface area contributed by atoms with Crippen LogP contribution in [0.2, 0.25) is 0 Å². The van der Waals surface area contributed by atoms with Crippen molar-refractivity contribution in [3.05, 3.63) is 173 Å². The van der Waals surface area contributed by atoms with Gasteiger partial charge in [0, 0.05) is 40.5 Å². The standard InChI is InChI=1S/C52H40N4/c1-31-7-11-33(12-8-31)35-17-21-47-43(25-35)45-27-37-15-16-38-28-46-44-26-36(34-13-9-32(2)10-14-34)18-22-48(44)56(40-6-4-24-54-30-40)52(46)42-20-19-41(49(37)50(38)42)51(45)55(47)39-5-3-23-53-29-39/h3-14,17-18,21-23,25-30,54H,15-16,19-20,24H2,1-2H3. The number of dihydropyridines is 1. The minimum atomic E-state index is 0.852. The molecule has 0 atom stereocenters. The van der Waals surface area contributed by atoms with E-state index in [1.165, 1.54) is 116 Å². The topological polar surface area (TPSA) is 34.8 Å². The normalized spacial score (nSPS) is 14.4. The summed E-state index contributed by atoms with van der Waals surface area (Å²) in [6.45, 7) is 5.16. The molecular formula is C52H40N4. The van der Waals surface area contributed by atoms with Crippen molar-refractivity contribution in [2.24, 2.45) is 0 Å². The minimum Gasteiger partial charge on any atom is -0.386 e. The Kier molecular flexibility index (Phi) is 6.74. The van der Waals surface area contributed by atoms with Crippen LogP contribution < -0.4 is 5.32 Å². The van der Waals surface area contributed by atoms with Gasteiger partial charge in [0.1, 0.15) is 0 Å². The van der Waals surface area contributed by atoms with E-state index in [9.17, 15) is 0 Å². The highest BCUT2D eigenvalue weighted by atomic mass is 15.0. The van der Waals surface area contributed by atoms with Gasteiger partial charge in [0.25, 0.3) is 0 Å². The number of rotatable bonds is 4. The van der Waals surface area contributed by atoms with Gasteiger partial charge in [-0.05, 0) is 150 Å². The number of nitrogens with zero attached hydrogens (tertiary/aromatic N) is 3. The van der Waals surface area contributed by atoms with Gasteiger partial charge in [0.05, 0.1) is 39.6 Å². The maximum atomic E-state index is 4.62. The van der Waals surface area contributed by atoms with Gasteiger partial charge in [-0.1, -0.05) is 77.9 Å². The van der Waals surface area contributed by atoms with Crippen LogP contribution in [-0.4, -0.2) is 20.7 Å². The third-order valence-corrected chi connectivity index (χ3v) is 12.7. The highest BCUT2D eigenvalue weighted by Gasteiger charge is 2.33. The number of hydrogen-bond acceptors (Lipinski definition) is 2. The number of aryl methyl sites for hydroxylation is 6. The van der Waals surface area contributed by atoms with Crippen molar-refractivity contribution < 1.29 is 0 Å². The van der Waals surface area contributed by atoms with Crippen molar-refractivity contribution in [2.75, 3.05) is 6.54 Å². The molecule has 0 saturated heterocycles. The SMILES string of the molecule is Cc1ccc(-c2ccc3c(c2)c2cc4c5c(c2n3C2=CNCC=C2)CCc2c-5c(cc3c5cc(-c6ccc(C)cc6)ccc5n(-c5cccnc5)c23)CC4)cc1. The first-order chi connectivity index (χ1) is 27.6. The molecule has 1 N–H and O–H groups in total. The number of benzene rings is 6. The van der Waals surface area contributed by atoms with Crippen molar-refractivity contribution in [2.45, 2.75) is 39.5 Å². The van der Waals surface area contributed by atoms with Gasteiger partial charge in [-0.25, -0.2) is 0 Å². The molecule has 0 unspecified atom stereocenters. The Morgan fingerprint density at radius 1 is 0.554 bits per heavy atom. The third kappa shape index (κ3) is 4.56. The van der Waals surface area contributed by atoms with Gasteiger partial charge in [0.15, 0.2) is 0 Å². The summed E-state index contributed by atoms with van der Waals surface area (Å²) in [5.41, 5.74) is 23.9. The fourth-order valence-electron chi connectivity index (χ4n) is 10.1. The van der Waals surface area contributed by atoms with Gasteiger partial charge in [-0.15, -0.1) is 0 Å². The second kappa shape index (κ2) is 11.9. The minimum absolute atomic E-state index is 0.852. The van der Waals surface area contributed by atoms with Crippen molar-refractivity contribution in [1.82, 2.24) is 19.4 Å². The van der Waals surface area contributed by atoms with E-state index in [0.29, 0.717) is 0 Å². The van der Waals surface area contributed by atoms with Crippen molar-refractivity contribution in [1.29, 1.82) is 0 Å². The highest BCUT2D eigenvalue weighted by molar-refractivity contribution is 6.17. The first kappa shape index (κ1) is 31.7. The number of hydrogen-bond donors (Lipinski definition) is 1. The molecule has 4 heteroatoms. The van der Waals surface area contributed by atoms with Crippen LogP contribution in [0.5, 0.6) is 0 Å². The molecule has 1 aliphatic heterocycles. The maximum absolute atomic E-state index is 4.62. The Balaban J connectivity index is 1.15. The van der Waals surface area contributed by atoms with E-state index in [0.717, 1.165) is 37.9 Å². The second-order valence-corrected chi connectivity index (χ2v) is 16.0. The van der Waals surface area contributed by atoms with E-state index in [-0.39, 0.29) is 0 Å². The van der Waals surface area contributed by atoms with Crippen LogP contribution in [-0.2, 0) is 25.7 Å². The molecule has 0 amide bonds. The molecule has 268 valence electrons. The van der Waals surface area contributed by atoms with Gasteiger partial charge < -0.3 is 14.5 Å². The Morgan fingerprint density at radius 2 is 1.11 bits per heavy atom. The predicted octanol–water partition coefficient (Wildman–Crippen LogP) is 12.1. The van der Waals surface area contributed by atoms with E-state index < -0.39 is 0 Å². The van der Waals surface area contributed by atoms with Crippen LogP contribution in [0.3, 0.4) is 0 Å². The largest absolute Gasteiger partial charge is 0.386 e. The van der Waals surface area contributed by atoms with Crippen LogP contribution in [0.25, 0.3) is 88.4 Å². The summed E-state index contributed by atoms with van der Waals surface area (Å²) >= 11 is 0. The average molecular weight is 721 g/mol. The molecule has 56 heavy (non-hydrogen) atoms. The molecule has 4 nitrogen and oxygen atoms in total. The zero-order valence-corrected chi connectivity index (χ0v) is 31.7. The van der Waals surface area contributed by atoms with Crippen LogP contribution >= 0.6 is 0 Å². The fraction of sp³-hybridized carbons (Fsp3) is 0.135. The Labute approximate surface area is 326 Å². The van der Waals surface area contributed by atoms with Gasteiger partial charge in [-0.3, -0.25) is 4.98 Å². The van der Waals surface area contributed by atoms with Gasteiger partial charge >= 0.3 is 0 Å². The summed E-state index contributed by atoms with van der Waals surface area (Å²) in [7, 11) is 0. The summed E-state index contributed by atoms with van der Waals surface area (Å²) in [5, 5.41) is 8.86. The summed E-state index contributed by atoms with van der Waals surface area (Å²) in [6, 6.07) is 41.4. The van der Waals surface area contributed by atoms with Gasteiger partial charge in [-0.2, -0.15) is 0 Å². The molecule has 0 bridgehead atoms. The number of fused-ring (bicyclic) bond motifs is 8. The molecule has 3 aromatic heterocycles. The maximum Gasteiger partial charge on any atom is 0.0645 e. The molecule has 12 rings (SSSR count).